The largest absolute Gasteiger partial charge is 0.478 e. The molecule has 0 saturated heterocycles. The van der Waals surface area contributed by atoms with Crippen molar-refractivity contribution in [2.24, 2.45) is 0 Å². The number of hydrogen-bond donors (Lipinski definition) is 2. The lowest BCUT2D eigenvalue weighted by atomic mass is 10.1. The van der Waals surface area contributed by atoms with Crippen LogP contribution in [-0.4, -0.2) is 34.3 Å². The second-order valence-electron chi connectivity index (χ2n) is 6.32. The van der Waals surface area contributed by atoms with Crippen LogP contribution in [0.5, 0.6) is 0 Å². The van der Waals surface area contributed by atoms with Crippen LogP contribution in [0, 0.1) is 0 Å². The first-order chi connectivity index (χ1) is 12.4. The van der Waals surface area contributed by atoms with Crippen LogP contribution in [0.4, 0.5) is 0 Å². The molecule has 0 radical (unpaired) electrons. The van der Waals surface area contributed by atoms with Gasteiger partial charge in [0.25, 0.3) is 0 Å². The number of nitrogens with one attached hydrogen (secondary N) is 1. The Bertz CT molecular complexity index is 1110. The van der Waals surface area contributed by atoms with Crippen LogP contribution < -0.4 is 4.72 Å². The molecule has 4 rings (SSSR count). The number of hydrogen-bond acceptors (Lipinski definition) is 6. The van der Waals surface area contributed by atoms with Crippen LogP contribution in [0.1, 0.15) is 27.0 Å². The van der Waals surface area contributed by atoms with Crippen molar-refractivity contribution >= 4 is 38.8 Å². The van der Waals surface area contributed by atoms with E-state index in [1.54, 1.807) is 36.4 Å². The lowest BCUT2D eigenvalue weighted by molar-refractivity contribution is 0.0696. The van der Waals surface area contributed by atoms with Crippen LogP contribution in [0.3, 0.4) is 0 Å². The van der Waals surface area contributed by atoms with Gasteiger partial charge >= 0.3 is 5.97 Å². The number of carboxylic acid groups (broad SMARTS) is 1. The number of fused-ring (bicyclic) bond motifs is 2. The van der Waals surface area contributed by atoms with Gasteiger partial charge < -0.3 is 5.11 Å². The number of benzene rings is 2. The maximum Gasteiger partial charge on any atom is 0.335 e. The fourth-order valence-corrected chi connectivity index (χ4v) is 5.28. The van der Waals surface area contributed by atoms with E-state index in [-0.39, 0.29) is 17.4 Å². The van der Waals surface area contributed by atoms with Crippen LogP contribution >= 0.6 is 11.7 Å². The molecule has 134 valence electrons. The summed E-state index contributed by atoms with van der Waals surface area (Å²) >= 11 is 1.06. The molecule has 2 N–H and O–H groups in total. The van der Waals surface area contributed by atoms with Crippen LogP contribution in [-0.2, 0) is 28.6 Å². The summed E-state index contributed by atoms with van der Waals surface area (Å²) in [5, 5.41) is 9.08. The maximum atomic E-state index is 12.6. The number of rotatable bonds is 5. The number of carbonyl (C=O) groups is 1. The van der Waals surface area contributed by atoms with Crippen molar-refractivity contribution in [3.63, 3.8) is 0 Å². The van der Waals surface area contributed by atoms with E-state index in [2.05, 4.69) is 13.5 Å². The first kappa shape index (κ1) is 17.1. The summed E-state index contributed by atoms with van der Waals surface area (Å²) < 4.78 is 36.2. The summed E-state index contributed by atoms with van der Waals surface area (Å²) in [7, 11) is -3.56. The Kier molecular flexibility index (Phi) is 4.22. The molecule has 7 nitrogen and oxygen atoms in total. The average Bonchev–Trinajstić information content (AvgIpc) is 3.19. The normalized spacial score (nSPS) is 16.7. The van der Waals surface area contributed by atoms with Crippen LogP contribution in [0.25, 0.3) is 11.0 Å². The van der Waals surface area contributed by atoms with Crippen molar-refractivity contribution in [1.29, 1.82) is 0 Å². The van der Waals surface area contributed by atoms with Gasteiger partial charge in [-0.05, 0) is 47.7 Å². The number of aromatic nitrogens is 2. The number of nitrogens with zero attached hydrogens (tertiary/aromatic N) is 2. The van der Waals surface area contributed by atoms with Crippen molar-refractivity contribution in [3.05, 3.63) is 58.7 Å². The summed E-state index contributed by atoms with van der Waals surface area (Å²) in [6.45, 7) is 0. The van der Waals surface area contributed by atoms with Gasteiger partial charge in [-0.3, -0.25) is 0 Å². The maximum absolute atomic E-state index is 12.6. The molecule has 0 bridgehead atoms. The van der Waals surface area contributed by atoms with Gasteiger partial charge in [0.15, 0.2) is 0 Å². The Morgan fingerprint density at radius 2 is 2.00 bits per heavy atom. The molecule has 1 aliphatic carbocycles. The molecule has 9 heteroatoms. The molecule has 0 aliphatic heterocycles. The van der Waals surface area contributed by atoms with E-state index in [0.717, 1.165) is 22.9 Å². The van der Waals surface area contributed by atoms with Gasteiger partial charge in [-0.1, -0.05) is 18.2 Å². The highest BCUT2D eigenvalue weighted by atomic mass is 32.2. The molecule has 1 unspecified atom stereocenters. The third-order valence-corrected chi connectivity index (χ3v) is 6.37. The topological polar surface area (TPSA) is 109 Å². The molecule has 1 aromatic heterocycles. The fraction of sp³-hybridized carbons (Fsp3) is 0.235. The first-order valence-electron chi connectivity index (χ1n) is 7.96. The summed E-state index contributed by atoms with van der Waals surface area (Å²) in [4.78, 5) is 11.1. The standard InChI is InChI=1S/C17H15N3O4S2/c21-17(22)11-5-4-10-7-14(8-13(10)6-11)20-26(23,24)9-12-2-1-3-15-16(12)19-25-18-15/h1-6,14,20H,7-9H2,(H,21,22). The molecule has 1 heterocycles. The Balaban J connectivity index is 1.50. The second-order valence-corrected chi connectivity index (χ2v) is 8.60. The van der Waals surface area contributed by atoms with E-state index in [9.17, 15) is 13.2 Å². The van der Waals surface area contributed by atoms with Gasteiger partial charge in [0.05, 0.1) is 23.0 Å². The zero-order valence-electron chi connectivity index (χ0n) is 13.5. The van der Waals surface area contributed by atoms with Crippen LogP contribution in [0.15, 0.2) is 36.4 Å². The molecule has 26 heavy (non-hydrogen) atoms. The number of sulfonamides is 1. The lowest BCUT2D eigenvalue weighted by Crippen LogP contribution is -2.36. The van der Waals surface area contributed by atoms with Gasteiger partial charge in [-0.15, -0.1) is 0 Å². The molecule has 0 fully saturated rings. The molecule has 1 atom stereocenters. The Morgan fingerprint density at radius 1 is 1.19 bits per heavy atom. The van der Waals surface area contributed by atoms with E-state index >= 15 is 0 Å². The molecule has 1 aliphatic rings. The van der Waals surface area contributed by atoms with E-state index in [4.69, 9.17) is 5.11 Å². The number of carboxylic acids is 1. The summed E-state index contributed by atoms with van der Waals surface area (Å²) in [6, 6.07) is 9.97. The quantitative estimate of drug-likeness (QED) is 0.691. The number of aromatic carboxylic acids is 1. The fourth-order valence-electron chi connectivity index (χ4n) is 3.31. The predicted octanol–water partition coefficient (Wildman–Crippen LogP) is 1.98. The van der Waals surface area contributed by atoms with E-state index in [1.165, 1.54) is 0 Å². The van der Waals surface area contributed by atoms with Gasteiger partial charge in [0.1, 0.15) is 11.0 Å². The SMILES string of the molecule is O=C(O)c1ccc2c(c1)CC(NS(=O)(=O)Cc1cccc3nsnc13)C2. The van der Waals surface area contributed by atoms with Crippen molar-refractivity contribution in [1.82, 2.24) is 13.5 Å². The molecule has 3 aromatic rings. The van der Waals surface area contributed by atoms with Gasteiger partial charge in [-0.25, -0.2) is 17.9 Å². The van der Waals surface area contributed by atoms with Gasteiger partial charge in [0.2, 0.25) is 10.0 Å². The van der Waals surface area contributed by atoms with Crippen molar-refractivity contribution < 1.29 is 18.3 Å². The molecule has 0 amide bonds. The van der Waals surface area contributed by atoms with Gasteiger partial charge in [0, 0.05) is 6.04 Å². The summed E-state index contributed by atoms with van der Waals surface area (Å²) in [5.41, 5.74) is 4.00. The lowest BCUT2D eigenvalue weighted by Gasteiger charge is -2.12. The smallest absolute Gasteiger partial charge is 0.335 e. The Labute approximate surface area is 154 Å². The van der Waals surface area contributed by atoms with Crippen LogP contribution in [0.2, 0.25) is 0 Å². The second kappa shape index (κ2) is 6.42. The zero-order chi connectivity index (χ0) is 18.3. The van der Waals surface area contributed by atoms with E-state index in [1.807, 2.05) is 0 Å². The molecule has 0 spiro atoms. The zero-order valence-corrected chi connectivity index (χ0v) is 15.2. The highest BCUT2D eigenvalue weighted by Gasteiger charge is 2.27. The molecular formula is C17H15N3O4S2. The predicted molar refractivity (Wildman–Crippen MR) is 97.8 cm³/mol. The Hall–Kier alpha value is -2.36. The highest BCUT2D eigenvalue weighted by Crippen LogP contribution is 2.25. The molecule has 2 aromatic carbocycles. The summed E-state index contributed by atoms with van der Waals surface area (Å²) in [6.07, 6.45) is 1.04. The van der Waals surface area contributed by atoms with E-state index in [0.29, 0.717) is 29.4 Å². The third kappa shape index (κ3) is 3.33. The molecular weight excluding hydrogens is 374 g/mol. The van der Waals surface area contributed by atoms with Crippen molar-refractivity contribution in [2.75, 3.05) is 0 Å². The molecule has 0 saturated carbocycles. The Morgan fingerprint density at radius 3 is 2.81 bits per heavy atom. The minimum atomic E-state index is -3.56. The monoisotopic (exact) mass is 389 g/mol. The average molecular weight is 389 g/mol. The van der Waals surface area contributed by atoms with Crippen molar-refractivity contribution in [2.45, 2.75) is 24.6 Å². The summed E-state index contributed by atoms with van der Waals surface area (Å²) in [5.74, 6) is -1.15. The van der Waals surface area contributed by atoms with Crippen molar-refractivity contribution in [3.8, 4) is 0 Å². The highest BCUT2D eigenvalue weighted by molar-refractivity contribution is 7.88. The first-order valence-corrected chi connectivity index (χ1v) is 10.3. The van der Waals surface area contributed by atoms with E-state index < -0.39 is 16.0 Å². The minimum absolute atomic E-state index is 0.164. The van der Waals surface area contributed by atoms with Gasteiger partial charge in [-0.2, -0.15) is 8.75 Å². The third-order valence-electron chi connectivity index (χ3n) is 4.45. The minimum Gasteiger partial charge on any atom is -0.478 e.